The lowest BCUT2D eigenvalue weighted by Gasteiger charge is -2.17. The summed E-state index contributed by atoms with van der Waals surface area (Å²) in [5.74, 6) is -1.57. The zero-order chi connectivity index (χ0) is 23.2. The Morgan fingerprint density at radius 3 is 2.32 bits per heavy atom. The Bertz CT molecular complexity index is 1060. The maximum absolute atomic E-state index is 13.1. The van der Waals surface area contributed by atoms with Crippen molar-refractivity contribution < 1.29 is 35.9 Å². The second kappa shape index (κ2) is 9.98. The molecule has 0 saturated heterocycles. The minimum atomic E-state index is -4.91. The predicted molar refractivity (Wildman–Crippen MR) is 104 cm³/mol. The Hall–Kier alpha value is -2.83. The smallest absolute Gasteiger partial charge is 0.417 e. The van der Waals surface area contributed by atoms with E-state index in [1.807, 2.05) is 15.6 Å². The molecule has 168 valence electrons. The fraction of sp³-hybridized carbons (Fsp3) is 0.222. The minimum absolute atomic E-state index is 0.232. The van der Waals surface area contributed by atoms with Crippen LogP contribution in [0.4, 0.5) is 13.2 Å². The molecule has 0 radical (unpaired) electrons. The third-order valence-electron chi connectivity index (χ3n) is 3.73. The van der Waals surface area contributed by atoms with Gasteiger partial charge in [-0.25, -0.2) is 8.42 Å². The van der Waals surface area contributed by atoms with Crippen molar-refractivity contribution >= 4 is 33.4 Å². The summed E-state index contributed by atoms with van der Waals surface area (Å²) in [5.41, 5.74) is 2.57. The summed E-state index contributed by atoms with van der Waals surface area (Å²) < 4.78 is 70.9. The molecule has 0 bridgehead atoms. The molecule has 3 N–H and O–H groups in total. The Balaban J connectivity index is 1.93. The van der Waals surface area contributed by atoms with Crippen LogP contribution in [0.25, 0.3) is 0 Å². The van der Waals surface area contributed by atoms with Crippen molar-refractivity contribution in [3.8, 4) is 5.75 Å². The second-order valence-electron chi connectivity index (χ2n) is 6.09. The number of ether oxygens (including phenoxy) is 1. The van der Waals surface area contributed by atoms with Gasteiger partial charge in [-0.2, -0.15) is 17.9 Å². The third kappa shape index (κ3) is 6.84. The number of hydrogen-bond donors (Lipinski definition) is 3. The highest BCUT2D eigenvalue weighted by atomic mass is 35.5. The molecule has 0 spiro atoms. The molecule has 2 aromatic carbocycles. The Kier molecular flexibility index (Phi) is 7.87. The number of para-hydroxylation sites is 1. The predicted octanol–water partition coefficient (Wildman–Crippen LogP) is 2.25. The van der Waals surface area contributed by atoms with Gasteiger partial charge in [-0.1, -0.05) is 35.9 Å². The van der Waals surface area contributed by atoms with Crippen molar-refractivity contribution in [3.05, 3.63) is 59.1 Å². The topological polar surface area (TPSA) is 114 Å². The normalized spacial score (nSPS) is 12.7. The molecule has 2 aromatic rings. The van der Waals surface area contributed by atoms with Crippen LogP contribution < -0.4 is 20.3 Å². The number of rotatable bonds is 7. The van der Waals surface area contributed by atoms with Crippen molar-refractivity contribution in [1.82, 2.24) is 15.6 Å². The molecule has 0 aliphatic rings. The molecular weight excluding hydrogens is 463 g/mol. The standard InChI is InChI=1S/C18H17ClF3N3O5S/c1-11(25-31(28,29)15-9-5-2-6-12(15)18(20,21)22)17(27)24-23-16(26)10-30-14-8-4-3-7-13(14)19/h2-9,11,25H,10H2,1H3,(H,23,26)(H,24,27)/t11-/m1/s1. The molecule has 31 heavy (non-hydrogen) atoms. The highest BCUT2D eigenvalue weighted by Crippen LogP contribution is 2.33. The molecule has 13 heteroatoms. The van der Waals surface area contributed by atoms with E-state index < -0.39 is 51.1 Å². The molecule has 2 rings (SSSR count). The quantitative estimate of drug-likeness (QED) is 0.527. The summed E-state index contributed by atoms with van der Waals surface area (Å²) in [5, 5.41) is 0.265. The molecule has 0 aliphatic carbocycles. The van der Waals surface area contributed by atoms with Gasteiger partial charge in [-0.3, -0.25) is 20.4 Å². The van der Waals surface area contributed by atoms with Crippen molar-refractivity contribution in [2.24, 2.45) is 0 Å². The number of benzene rings is 2. The monoisotopic (exact) mass is 479 g/mol. The van der Waals surface area contributed by atoms with Gasteiger partial charge < -0.3 is 4.74 Å². The van der Waals surface area contributed by atoms with Crippen molar-refractivity contribution in [2.45, 2.75) is 24.0 Å². The first kappa shape index (κ1) is 24.4. The van der Waals surface area contributed by atoms with E-state index in [9.17, 15) is 31.2 Å². The molecule has 8 nitrogen and oxygen atoms in total. The van der Waals surface area contributed by atoms with Crippen LogP contribution in [0.5, 0.6) is 5.75 Å². The van der Waals surface area contributed by atoms with E-state index in [1.165, 1.54) is 6.07 Å². The van der Waals surface area contributed by atoms with Crippen molar-refractivity contribution in [3.63, 3.8) is 0 Å². The van der Waals surface area contributed by atoms with E-state index in [2.05, 4.69) is 0 Å². The van der Waals surface area contributed by atoms with Crippen molar-refractivity contribution in [1.29, 1.82) is 0 Å². The van der Waals surface area contributed by atoms with Gasteiger partial charge in [-0.15, -0.1) is 0 Å². The van der Waals surface area contributed by atoms with Gasteiger partial charge in [0.05, 0.1) is 21.5 Å². The molecule has 0 heterocycles. The summed E-state index contributed by atoms with van der Waals surface area (Å²) in [4.78, 5) is 22.8. The van der Waals surface area contributed by atoms with Crippen LogP contribution in [-0.2, 0) is 25.8 Å². The van der Waals surface area contributed by atoms with E-state index in [0.717, 1.165) is 25.1 Å². The molecule has 1 atom stereocenters. The van der Waals surface area contributed by atoms with Crippen LogP contribution in [0.3, 0.4) is 0 Å². The minimum Gasteiger partial charge on any atom is -0.482 e. The molecule has 0 fully saturated rings. The van der Waals surface area contributed by atoms with Gasteiger partial charge in [-0.05, 0) is 31.2 Å². The SMILES string of the molecule is C[C@@H](NS(=O)(=O)c1ccccc1C(F)(F)F)C(=O)NNC(=O)COc1ccccc1Cl. The first-order valence-corrected chi connectivity index (χ1v) is 10.4. The van der Waals surface area contributed by atoms with Crippen LogP contribution >= 0.6 is 11.6 Å². The van der Waals surface area contributed by atoms with Crippen LogP contribution in [-0.4, -0.2) is 32.9 Å². The summed E-state index contributed by atoms with van der Waals surface area (Å²) in [7, 11) is -4.69. The average molecular weight is 480 g/mol. The maximum Gasteiger partial charge on any atom is 0.417 e. The molecule has 2 amide bonds. The van der Waals surface area contributed by atoms with Crippen LogP contribution in [0, 0.1) is 0 Å². The highest BCUT2D eigenvalue weighted by molar-refractivity contribution is 7.89. The van der Waals surface area contributed by atoms with Gasteiger partial charge in [0.2, 0.25) is 10.0 Å². The zero-order valence-corrected chi connectivity index (χ0v) is 17.4. The zero-order valence-electron chi connectivity index (χ0n) is 15.9. The number of alkyl halides is 3. The van der Waals surface area contributed by atoms with Gasteiger partial charge in [0.1, 0.15) is 5.75 Å². The number of hydrazine groups is 1. The average Bonchev–Trinajstić information content (AvgIpc) is 2.70. The number of sulfonamides is 1. The summed E-state index contributed by atoms with van der Waals surface area (Å²) in [6, 6.07) is 8.38. The number of carbonyl (C=O) groups excluding carboxylic acids is 2. The third-order valence-corrected chi connectivity index (χ3v) is 5.64. The largest absolute Gasteiger partial charge is 0.482 e. The fourth-order valence-electron chi connectivity index (χ4n) is 2.27. The van der Waals surface area contributed by atoms with Crippen LogP contribution in [0.1, 0.15) is 12.5 Å². The lowest BCUT2D eigenvalue weighted by molar-refractivity contribution is -0.139. The Morgan fingerprint density at radius 1 is 1.06 bits per heavy atom. The molecule has 0 unspecified atom stereocenters. The van der Waals surface area contributed by atoms with Gasteiger partial charge >= 0.3 is 6.18 Å². The van der Waals surface area contributed by atoms with Gasteiger partial charge in [0.25, 0.3) is 11.8 Å². The van der Waals surface area contributed by atoms with Crippen molar-refractivity contribution in [2.75, 3.05) is 6.61 Å². The highest BCUT2D eigenvalue weighted by Gasteiger charge is 2.37. The second-order valence-corrected chi connectivity index (χ2v) is 8.18. The van der Waals surface area contributed by atoms with E-state index in [-0.39, 0.29) is 10.8 Å². The lowest BCUT2D eigenvalue weighted by Crippen LogP contribution is -2.52. The van der Waals surface area contributed by atoms with Crippen LogP contribution in [0.15, 0.2) is 53.4 Å². The molecule has 0 aliphatic heterocycles. The van der Waals surface area contributed by atoms with Gasteiger partial charge in [0.15, 0.2) is 6.61 Å². The van der Waals surface area contributed by atoms with Gasteiger partial charge in [0, 0.05) is 0 Å². The number of halogens is 4. The molecule has 0 aromatic heterocycles. The lowest BCUT2D eigenvalue weighted by atomic mass is 10.2. The Morgan fingerprint density at radius 2 is 1.68 bits per heavy atom. The number of nitrogens with one attached hydrogen (secondary N) is 3. The summed E-state index contributed by atoms with van der Waals surface area (Å²) in [6.07, 6.45) is -4.91. The first-order valence-electron chi connectivity index (χ1n) is 8.56. The Labute approximate surface area is 180 Å². The summed E-state index contributed by atoms with van der Waals surface area (Å²) >= 11 is 5.87. The molecule has 0 saturated carbocycles. The van der Waals surface area contributed by atoms with Crippen LogP contribution in [0.2, 0.25) is 5.02 Å². The number of carbonyl (C=O) groups is 2. The van der Waals surface area contributed by atoms with E-state index in [4.69, 9.17) is 16.3 Å². The number of hydrogen-bond acceptors (Lipinski definition) is 5. The summed E-state index contributed by atoms with van der Waals surface area (Å²) in [6.45, 7) is 0.582. The fourth-order valence-corrected chi connectivity index (χ4v) is 3.89. The molecular formula is C18H17ClF3N3O5S. The first-order chi connectivity index (χ1) is 14.4. The number of amides is 2. The van der Waals surface area contributed by atoms with E-state index in [0.29, 0.717) is 6.07 Å². The van der Waals surface area contributed by atoms with E-state index in [1.54, 1.807) is 18.2 Å². The van der Waals surface area contributed by atoms with E-state index >= 15 is 0 Å². The maximum atomic E-state index is 13.1.